The number of aromatic nitrogens is 1. The van der Waals surface area contributed by atoms with Crippen molar-refractivity contribution in [1.29, 1.82) is 0 Å². The highest BCUT2D eigenvalue weighted by Crippen LogP contribution is 2.30. The van der Waals surface area contributed by atoms with E-state index in [-0.39, 0.29) is 0 Å². The Balaban J connectivity index is 0.000000556. The van der Waals surface area contributed by atoms with Gasteiger partial charge in [0.15, 0.2) is 6.21 Å². The minimum atomic E-state index is -6.00. The molecule has 0 fully saturated rings. The second kappa shape index (κ2) is 11.2. The van der Waals surface area contributed by atoms with Gasteiger partial charge in [-0.05, 0) is 30.7 Å². The molecule has 0 radical (unpaired) electrons. The fourth-order valence-electron chi connectivity index (χ4n) is 4.33. The molecule has 0 N–H and O–H groups in total. The average Bonchev–Trinajstić information content (AvgIpc) is 3.19. The Morgan fingerprint density at radius 2 is 1.22 bits per heavy atom. The molecule has 0 aliphatic rings. The van der Waals surface area contributed by atoms with Gasteiger partial charge < -0.3 is 21.8 Å². The van der Waals surface area contributed by atoms with Crippen LogP contribution in [0.3, 0.4) is 0 Å². The lowest BCUT2D eigenvalue weighted by molar-refractivity contribution is 0.368. The van der Waals surface area contributed by atoms with Gasteiger partial charge >= 0.3 is 7.25 Å². The van der Waals surface area contributed by atoms with Crippen LogP contribution in [0.25, 0.3) is 21.8 Å². The van der Waals surface area contributed by atoms with Gasteiger partial charge in [0.05, 0.1) is 0 Å². The number of para-hydroxylation sites is 3. The maximum absolute atomic E-state index is 9.75. The second-order valence-electron chi connectivity index (χ2n) is 8.46. The second-order valence-corrected chi connectivity index (χ2v) is 8.46. The Kier molecular flexibility index (Phi) is 7.88. The van der Waals surface area contributed by atoms with Crippen LogP contribution in [0.2, 0.25) is 0 Å². The summed E-state index contributed by atoms with van der Waals surface area (Å²) in [6, 6.07) is 36.7. The number of unbranched alkanes of at least 4 members (excludes halogenated alkanes) is 1. The van der Waals surface area contributed by atoms with E-state index < -0.39 is 7.25 Å². The molecule has 0 bridgehead atoms. The van der Waals surface area contributed by atoms with Crippen LogP contribution in [-0.4, -0.2) is 18.0 Å². The highest BCUT2D eigenvalue weighted by Gasteiger charge is 2.20. The summed E-state index contributed by atoms with van der Waals surface area (Å²) in [6.45, 7) is 3.31. The lowest BCUT2D eigenvalue weighted by Gasteiger charge is -2.06. The first kappa shape index (κ1) is 25.2. The van der Waals surface area contributed by atoms with Gasteiger partial charge in [-0.25, -0.2) is 0 Å². The molecule has 36 heavy (non-hydrogen) atoms. The van der Waals surface area contributed by atoms with Crippen molar-refractivity contribution in [1.82, 2.24) is 9.14 Å². The molecule has 4 aromatic carbocycles. The van der Waals surface area contributed by atoms with Crippen LogP contribution in [0.15, 0.2) is 103 Å². The molecule has 0 saturated heterocycles. The molecule has 0 unspecified atom stereocenters. The van der Waals surface area contributed by atoms with E-state index >= 15 is 0 Å². The zero-order valence-electron chi connectivity index (χ0n) is 20.0. The lowest BCUT2D eigenvalue weighted by Crippen LogP contribution is -2.06. The number of nitrogens with zero attached hydrogens (tertiary/aromatic N) is 2. The molecule has 0 spiro atoms. The van der Waals surface area contributed by atoms with Crippen LogP contribution >= 0.6 is 0 Å². The van der Waals surface area contributed by atoms with Gasteiger partial charge in [-0.2, -0.15) is 4.58 Å². The summed E-state index contributed by atoms with van der Waals surface area (Å²) in [7, 11) is -6.00. The van der Waals surface area contributed by atoms with Crippen molar-refractivity contribution in [2.45, 2.75) is 26.3 Å². The minimum absolute atomic E-state index is 1.06. The maximum atomic E-state index is 9.75. The molecular weight excluding hydrogens is 463 g/mol. The summed E-state index contributed by atoms with van der Waals surface area (Å²) in [6.07, 6.45) is 4.63. The van der Waals surface area contributed by atoms with Crippen molar-refractivity contribution in [3.05, 3.63) is 109 Å². The maximum Gasteiger partial charge on any atom is 0.673 e. The smallest absolute Gasteiger partial charge is 0.418 e. The zero-order chi connectivity index (χ0) is 25.5. The summed E-state index contributed by atoms with van der Waals surface area (Å²) in [4.78, 5) is 0. The third kappa shape index (κ3) is 6.22. The van der Waals surface area contributed by atoms with Crippen LogP contribution < -0.4 is 4.58 Å². The molecule has 5 aromatic rings. The Morgan fingerprint density at radius 1 is 0.694 bits per heavy atom. The number of fused-ring (bicyclic) bond motifs is 3. The van der Waals surface area contributed by atoms with E-state index in [0.717, 1.165) is 17.9 Å². The number of hydrogen-bond donors (Lipinski definition) is 0. The highest BCUT2D eigenvalue weighted by molar-refractivity contribution is 6.50. The van der Waals surface area contributed by atoms with Gasteiger partial charge in [0.2, 0.25) is 11.4 Å². The van der Waals surface area contributed by atoms with Gasteiger partial charge in [-0.1, -0.05) is 67.9 Å². The summed E-state index contributed by atoms with van der Waals surface area (Å²) in [5.74, 6) is 0. The van der Waals surface area contributed by atoms with E-state index in [1.807, 2.05) is 0 Å². The van der Waals surface area contributed by atoms with Gasteiger partial charge in [-0.3, -0.25) is 0 Å². The fourth-order valence-corrected chi connectivity index (χ4v) is 4.33. The summed E-state index contributed by atoms with van der Waals surface area (Å²) in [5.41, 5.74) is 6.14. The molecule has 7 heteroatoms. The molecule has 1 aromatic heterocycles. The Bertz CT molecular complexity index is 1410. The Hall–Kier alpha value is -3.87. The van der Waals surface area contributed by atoms with Crippen LogP contribution in [0.4, 0.5) is 28.6 Å². The highest BCUT2D eigenvalue weighted by atomic mass is 19.5. The molecule has 184 valence electrons. The van der Waals surface area contributed by atoms with Gasteiger partial charge in [0.25, 0.3) is 0 Å². The first-order chi connectivity index (χ1) is 17.3. The van der Waals surface area contributed by atoms with Crippen LogP contribution in [0.5, 0.6) is 0 Å². The molecule has 0 aliphatic carbocycles. The van der Waals surface area contributed by atoms with E-state index in [9.17, 15) is 17.3 Å². The van der Waals surface area contributed by atoms with E-state index in [4.69, 9.17) is 0 Å². The standard InChI is InChI=1S/C29H27N2.BF4/c1-2-3-20-30-28-17-11-10-16-26(28)27-21-23(18-19-29(27)30)22-31(24-12-6-4-7-13-24)25-14-8-5-9-15-25;2-1(3,4)5/h4-19,21-22H,2-3,20H2,1H3;/q+1;-1. The average molecular weight is 490 g/mol. The molecule has 0 amide bonds. The Morgan fingerprint density at radius 3 is 1.81 bits per heavy atom. The van der Waals surface area contributed by atoms with Crippen molar-refractivity contribution < 1.29 is 17.3 Å². The molecule has 2 nitrogen and oxygen atoms in total. The number of halogens is 4. The van der Waals surface area contributed by atoms with Crippen LogP contribution in [0.1, 0.15) is 25.3 Å². The van der Waals surface area contributed by atoms with Gasteiger partial charge in [0, 0.05) is 58.2 Å². The topological polar surface area (TPSA) is 7.94 Å². The zero-order valence-corrected chi connectivity index (χ0v) is 20.0. The van der Waals surface area contributed by atoms with Gasteiger partial charge in [0.1, 0.15) is 0 Å². The van der Waals surface area contributed by atoms with Crippen LogP contribution in [-0.2, 0) is 6.54 Å². The van der Waals surface area contributed by atoms with E-state index in [0.29, 0.717) is 0 Å². The fraction of sp³-hybridized carbons (Fsp3) is 0.138. The van der Waals surface area contributed by atoms with Gasteiger partial charge in [-0.15, -0.1) is 0 Å². The molecular formula is C29H27BF4N2. The van der Waals surface area contributed by atoms with E-state index in [2.05, 4.69) is 125 Å². The quantitative estimate of drug-likeness (QED) is 0.0973. The number of rotatable bonds is 6. The first-order valence-electron chi connectivity index (χ1n) is 12.0. The molecule has 0 saturated carbocycles. The van der Waals surface area contributed by atoms with Crippen molar-refractivity contribution in [2.75, 3.05) is 0 Å². The predicted molar refractivity (Wildman–Crippen MR) is 144 cm³/mol. The monoisotopic (exact) mass is 490 g/mol. The van der Waals surface area contributed by atoms with E-state index in [1.165, 1.54) is 40.2 Å². The number of hydrogen-bond acceptors (Lipinski definition) is 0. The third-order valence-corrected chi connectivity index (χ3v) is 5.88. The van der Waals surface area contributed by atoms with Crippen molar-refractivity contribution in [3.8, 4) is 0 Å². The summed E-state index contributed by atoms with van der Waals surface area (Å²) < 4.78 is 43.7. The predicted octanol–water partition coefficient (Wildman–Crippen LogP) is 8.85. The lowest BCUT2D eigenvalue weighted by atomic mass is 10.1. The summed E-state index contributed by atoms with van der Waals surface area (Å²) in [5, 5.41) is 2.65. The molecule has 0 atom stereocenters. The first-order valence-corrected chi connectivity index (χ1v) is 12.0. The Labute approximate surface area is 208 Å². The minimum Gasteiger partial charge on any atom is -0.418 e. The molecule has 0 aliphatic heterocycles. The number of aryl methyl sites for hydroxylation is 1. The SMILES string of the molecule is CCCCn1c2ccccc2c2cc(C=[N+](c3ccccc3)c3ccccc3)ccc21.F[B-](F)(F)F. The van der Waals surface area contributed by atoms with Crippen molar-refractivity contribution in [2.24, 2.45) is 0 Å². The normalized spacial score (nSPS) is 11.2. The van der Waals surface area contributed by atoms with Crippen molar-refractivity contribution >= 4 is 46.6 Å². The largest absolute Gasteiger partial charge is 0.673 e. The molecule has 5 rings (SSSR count). The van der Waals surface area contributed by atoms with E-state index in [1.54, 1.807) is 0 Å². The number of benzene rings is 4. The summed E-state index contributed by atoms with van der Waals surface area (Å²) >= 11 is 0. The van der Waals surface area contributed by atoms with Crippen LogP contribution in [0, 0.1) is 0 Å². The van der Waals surface area contributed by atoms with Crippen molar-refractivity contribution in [3.63, 3.8) is 0 Å². The molecule has 1 heterocycles. The third-order valence-electron chi connectivity index (χ3n) is 5.88.